The van der Waals surface area contributed by atoms with Gasteiger partial charge in [0, 0.05) is 18.2 Å². The molecule has 2 heterocycles. The zero-order chi connectivity index (χ0) is 14.1. The van der Waals surface area contributed by atoms with Crippen LogP contribution in [0.15, 0.2) is 42.5 Å². The maximum atomic E-state index is 5.80. The Kier molecular flexibility index (Phi) is 3.16. The third kappa shape index (κ3) is 2.43. The van der Waals surface area contributed by atoms with Crippen LogP contribution >= 0.6 is 0 Å². The maximum Gasteiger partial charge on any atom is 0.231 e. The van der Waals surface area contributed by atoms with Gasteiger partial charge in [-0.15, -0.1) is 0 Å². The molecular formula is C17H17NO3. The van der Waals surface area contributed by atoms with Crippen LogP contribution in [-0.4, -0.2) is 19.4 Å². The minimum atomic E-state index is 0.312. The SMILES string of the molecule is c1ccc2c(c1)CC(NCc1cccc3c1OCO3)CO2. The number of para-hydroxylation sites is 2. The van der Waals surface area contributed by atoms with Crippen molar-refractivity contribution in [1.29, 1.82) is 0 Å². The van der Waals surface area contributed by atoms with E-state index in [1.807, 2.05) is 24.3 Å². The first-order chi connectivity index (χ1) is 10.4. The van der Waals surface area contributed by atoms with Crippen molar-refractivity contribution in [2.24, 2.45) is 0 Å². The molecule has 2 aliphatic rings. The van der Waals surface area contributed by atoms with Gasteiger partial charge >= 0.3 is 0 Å². The minimum absolute atomic E-state index is 0.312. The fourth-order valence-electron chi connectivity index (χ4n) is 2.84. The minimum Gasteiger partial charge on any atom is -0.492 e. The van der Waals surface area contributed by atoms with Crippen LogP contribution in [0.5, 0.6) is 17.2 Å². The lowest BCUT2D eigenvalue weighted by atomic mass is 10.0. The third-order valence-electron chi connectivity index (χ3n) is 3.94. The Morgan fingerprint density at radius 1 is 0.952 bits per heavy atom. The van der Waals surface area contributed by atoms with Crippen LogP contribution in [0, 0.1) is 0 Å². The van der Waals surface area contributed by atoms with E-state index in [1.54, 1.807) is 0 Å². The highest BCUT2D eigenvalue weighted by atomic mass is 16.7. The van der Waals surface area contributed by atoms with Crippen molar-refractivity contribution in [2.75, 3.05) is 13.4 Å². The first kappa shape index (κ1) is 12.5. The van der Waals surface area contributed by atoms with Crippen LogP contribution in [0.2, 0.25) is 0 Å². The van der Waals surface area contributed by atoms with E-state index in [1.165, 1.54) is 5.56 Å². The number of ether oxygens (including phenoxy) is 3. The molecule has 0 saturated heterocycles. The second kappa shape index (κ2) is 5.30. The van der Waals surface area contributed by atoms with Crippen molar-refractivity contribution >= 4 is 0 Å². The Morgan fingerprint density at radius 3 is 2.86 bits per heavy atom. The van der Waals surface area contributed by atoms with Crippen LogP contribution in [0.1, 0.15) is 11.1 Å². The van der Waals surface area contributed by atoms with Gasteiger partial charge in [-0.1, -0.05) is 30.3 Å². The molecule has 2 aliphatic heterocycles. The van der Waals surface area contributed by atoms with Crippen LogP contribution in [0.25, 0.3) is 0 Å². The molecule has 4 heteroatoms. The predicted molar refractivity (Wildman–Crippen MR) is 78.8 cm³/mol. The summed E-state index contributed by atoms with van der Waals surface area (Å²) in [5.41, 5.74) is 2.39. The summed E-state index contributed by atoms with van der Waals surface area (Å²) >= 11 is 0. The highest BCUT2D eigenvalue weighted by Crippen LogP contribution is 2.35. The highest BCUT2D eigenvalue weighted by molar-refractivity contribution is 5.48. The summed E-state index contributed by atoms with van der Waals surface area (Å²) in [6.45, 7) is 1.76. The fourth-order valence-corrected chi connectivity index (χ4v) is 2.84. The van der Waals surface area contributed by atoms with E-state index < -0.39 is 0 Å². The fraction of sp³-hybridized carbons (Fsp3) is 0.294. The van der Waals surface area contributed by atoms with Crippen molar-refractivity contribution in [3.8, 4) is 17.2 Å². The molecule has 0 bridgehead atoms. The third-order valence-corrected chi connectivity index (χ3v) is 3.94. The molecule has 0 aliphatic carbocycles. The summed E-state index contributed by atoms with van der Waals surface area (Å²) < 4.78 is 16.7. The summed E-state index contributed by atoms with van der Waals surface area (Å²) in [5.74, 6) is 2.70. The molecule has 1 unspecified atom stereocenters. The first-order valence-electron chi connectivity index (χ1n) is 7.22. The van der Waals surface area contributed by atoms with Crippen LogP contribution < -0.4 is 19.5 Å². The second-order valence-corrected chi connectivity index (χ2v) is 5.35. The molecule has 0 aromatic heterocycles. The van der Waals surface area contributed by atoms with Gasteiger partial charge in [0.2, 0.25) is 6.79 Å². The Labute approximate surface area is 123 Å². The smallest absolute Gasteiger partial charge is 0.231 e. The highest BCUT2D eigenvalue weighted by Gasteiger charge is 2.21. The summed E-state index contributed by atoms with van der Waals surface area (Å²) in [6, 6.07) is 14.5. The number of nitrogens with one attached hydrogen (secondary N) is 1. The van der Waals surface area contributed by atoms with E-state index in [2.05, 4.69) is 23.5 Å². The van der Waals surface area contributed by atoms with Gasteiger partial charge in [0.05, 0.1) is 0 Å². The van der Waals surface area contributed by atoms with Crippen LogP contribution in [-0.2, 0) is 13.0 Å². The Balaban J connectivity index is 1.43. The molecule has 0 saturated carbocycles. The molecule has 2 aromatic carbocycles. The first-order valence-corrected chi connectivity index (χ1v) is 7.22. The summed E-state index contributed by atoms with van der Waals surface area (Å²) in [7, 11) is 0. The van der Waals surface area contributed by atoms with Gasteiger partial charge < -0.3 is 19.5 Å². The van der Waals surface area contributed by atoms with Crippen molar-refractivity contribution in [1.82, 2.24) is 5.32 Å². The van der Waals surface area contributed by atoms with E-state index in [4.69, 9.17) is 14.2 Å². The van der Waals surface area contributed by atoms with E-state index in [0.717, 1.165) is 35.8 Å². The molecule has 1 atom stereocenters. The Morgan fingerprint density at radius 2 is 1.86 bits per heavy atom. The molecular weight excluding hydrogens is 266 g/mol. The topological polar surface area (TPSA) is 39.7 Å². The number of rotatable bonds is 3. The molecule has 1 N–H and O–H groups in total. The van der Waals surface area contributed by atoms with Gasteiger partial charge in [-0.2, -0.15) is 0 Å². The number of hydrogen-bond donors (Lipinski definition) is 1. The predicted octanol–water partition coefficient (Wildman–Crippen LogP) is 2.51. The monoisotopic (exact) mass is 283 g/mol. The van der Waals surface area contributed by atoms with Crippen LogP contribution in [0.4, 0.5) is 0 Å². The van der Waals surface area contributed by atoms with E-state index in [-0.39, 0.29) is 0 Å². The van der Waals surface area contributed by atoms with Gasteiger partial charge in [0.15, 0.2) is 11.5 Å². The summed E-state index contributed by atoms with van der Waals surface area (Å²) in [6.07, 6.45) is 0.989. The molecule has 0 radical (unpaired) electrons. The van der Waals surface area contributed by atoms with Crippen molar-refractivity contribution in [3.05, 3.63) is 53.6 Å². The van der Waals surface area contributed by atoms with Gasteiger partial charge in [-0.05, 0) is 24.1 Å². The second-order valence-electron chi connectivity index (χ2n) is 5.35. The van der Waals surface area contributed by atoms with Gasteiger partial charge in [0.25, 0.3) is 0 Å². The van der Waals surface area contributed by atoms with E-state index in [0.29, 0.717) is 19.4 Å². The van der Waals surface area contributed by atoms with Crippen molar-refractivity contribution in [2.45, 2.75) is 19.0 Å². The molecule has 21 heavy (non-hydrogen) atoms. The molecule has 108 valence electrons. The molecule has 2 aromatic rings. The maximum absolute atomic E-state index is 5.80. The van der Waals surface area contributed by atoms with Crippen molar-refractivity contribution < 1.29 is 14.2 Å². The van der Waals surface area contributed by atoms with E-state index >= 15 is 0 Å². The molecule has 0 fully saturated rings. The average Bonchev–Trinajstić information content (AvgIpc) is 3.02. The summed E-state index contributed by atoms with van der Waals surface area (Å²) in [5, 5.41) is 3.55. The standard InChI is InChI=1S/C17H17NO3/c1-2-6-15-12(4-1)8-14(10-19-15)18-9-13-5-3-7-16-17(13)21-11-20-16/h1-7,14,18H,8-11H2. The lowest BCUT2D eigenvalue weighted by Gasteiger charge is -2.26. The summed E-state index contributed by atoms with van der Waals surface area (Å²) in [4.78, 5) is 0. The van der Waals surface area contributed by atoms with E-state index in [9.17, 15) is 0 Å². The van der Waals surface area contributed by atoms with Gasteiger partial charge in [0.1, 0.15) is 12.4 Å². The molecule has 0 spiro atoms. The Hall–Kier alpha value is -2.20. The largest absolute Gasteiger partial charge is 0.492 e. The average molecular weight is 283 g/mol. The van der Waals surface area contributed by atoms with Gasteiger partial charge in [-0.25, -0.2) is 0 Å². The number of benzene rings is 2. The van der Waals surface area contributed by atoms with Crippen molar-refractivity contribution in [3.63, 3.8) is 0 Å². The quantitative estimate of drug-likeness (QED) is 0.939. The van der Waals surface area contributed by atoms with Gasteiger partial charge in [-0.3, -0.25) is 0 Å². The lowest BCUT2D eigenvalue weighted by molar-refractivity contribution is 0.173. The molecule has 4 nitrogen and oxygen atoms in total. The molecule has 4 rings (SSSR count). The zero-order valence-corrected chi connectivity index (χ0v) is 11.7. The zero-order valence-electron chi connectivity index (χ0n) is 11.7. The number of hydrogen-bond acceptors (Lipinski definition) is 4. The number of fused-ring (bicyclic) bond motifs is 2. The Bertz CT molecular complexity index is 656. The molecule has 0 amide bonds. The van der Waals surface area contributed by atoms with Crippen LogP contribution in [0.3, 0.4) is 0 Å². The normalized spacial score (nSPS) is 19.0. The lowest BCUT2D eigenvalue weighted by Crippen LogP contribution is -2.38.